The number of aryl methyl sites for hydroxylation is 1. The van der Waals surface area contributed by atoms with Gasteiger partial charge in [0.25, 0.3) is 0 Å². The van der Waals surface area contributed by atoms with Crippen molar-refractivity contribution in [1.29, 1.82) is 0 Å². The molecule has 0 spiro atoms. The fraction of sp³-hybridized carbons (Fsp3) is 0.312. The molecule has 0 saturated heterocycles. The van der Waals surface area contributed by atoms with Crippen LogP contribution in [0.3, 0.4) is 0 Å². The molecular formula is C16H20N2O2. The number of nitrogens with zero attached hydrogens (tertiary/aromatic N) is 1. The second kappa shape index (κ2) is 5.82. The maximum Gasteiger partial charge on any atom is 0.248 e. The van der Waals surface area contributed by atoms with Gasteiger partial charge in [-0.05, 0) is 24.1 Å². The van der Waals surface area contributed by atoms with Crippen LogP contribution in [0.1, 0.15) is 12.5 Å². The van der Waals surface area contributed by atoms with Crippen LogP contribution in [0.2, 0.25) is 0 Å². The number of H-pyrrole nitrogens is 1. The van der Waals surface area contributed by atoms with Gasteiger partial charge in [-0.15, -0.1) is 0 Å². The molecule has 4 heteroatoms. The summed E-state index contributed by atoms with van der Waals surface area (Å²) in [5, 5.41) is 0. The Morgan fingerprint density at radius 1 is 1.20 bits per heavy atom. The smallest absolute Gasteiger partial charge is 0.248 e. The monoisotopic (exact) mass is 272 g/mol. The van der Waals surface area contributed by atoms with Gasteiger partial charge in [0, 0.05) is 25.7 Å². The van der Waals surface area contributed by atoms with Gasteiger partial charge in [-0.25, -0.2) is 0 Å². The Balaban J connectivity index is 2.59. The van der Waals surface area contributed by atoms with Crippen LogP contribution in [-0.2, 0) is 6.42 Å². The highest BCUT2D eigenvalue weighted by molar-refractivity contribution is 5.71. The number of methoxy groups -OCH3 is 1. The normalized spacial score (nSPS) is 10.4. The minimum Gasteiger partial charge on any atom is -0.495 e. The number of pyridine rings is 1. The van der Waals surface area contributed by atoms with Gasteiger partial charge >= 0.3 is 0 Å². The maximum atomic E-state index is 11.6. The molecule has 0 radical (unpaired) electrons. The van der Waals surface area contributed by atoms with Crippen molar-refractivity contribution in [3.05, 3.63) is 46.2 Å². The van der Waals surface area contributed by atoms with Gasteiger partial charge in [-0.2, -0.15) is 0 Å². The Hall–Kier alpha value is -2.23. The van der Waals surface area contributed by atoms with E-state index in [9.17, 15) is 4.79 Å². The Kier molecular flexibility index (Phi) is 4.13. The van der Waals surface area contributed by atoms with Crippen molar-refractivity contribution in [3.8, 4) is 17.0 Å². The molecule has 0 aliphatic heterocycles. The second-order valence-corrected chi connectivity index (χ2v) is 4.86. The lowest BCUT2D eigenvalue weighted by Crippen LogP contribution is -2.10. The molecule has 0 aliphatic carbocycles. The Morgan fingerprint density at radius 3 is 2.55 bits per heavy atom. The predicted octanol–water partition coefficient (Wildman–Crippen LogP) is 2.68. The lowest BCUT2D eigenvalue weighted by Gasteiger charge is -2.18. The van der Waals surface area contributed by atoms with Crippen molar-refractivity contribution in [2.24, 2.45) is 0 Å². The zero-order valence-electron chi connectivity index (χ0n) is 12.4. The highest BCUT2D eigenvalue weighted by atomic mass is 16.5. The van der Waals surface area contributed by atoms with Crippen LogP contribution < -0.4 is 15.2 Å². The van der Waals surface area contributed by atoms with Crippen LogP contribution in [-0.4, -0.2) is 26.2 Å². The van der Waals surface area contributed by atoms with Crippen LogP contribution in [0.4, 0.5) is 5.69 Å². The number of benzene rings is 1. The number of aromatic nitrogens is 1. The van der Waals surface area contributed by atoms with Gasteiger partial charge in [0.1, 0.15) is 5.75 Å². The minimum absolute atomic E-state index is 0.0900. The number of rotatable bonds is 4. The molecule has 0 fully saturated rings. The Bertz CT molecular complexity index is 660. The van der Waals surface area contributed by atoms with Gasteiger partial charge in [-0.3, -0.25) is 4.79 Å². The molecule has 20 heavy (non-hydrogen) atoms. The summed E-state index contributed by atoms with van der Waals surface area (Å²) in [6.07, 6.45) is 0.865. The van der Waals surface area contributed by atoms with Gasteiger partial charge in [0.05, 0.1) is 18.5 Å². The van der Waals surface area contributed by atoms with Crippen LogP contribution in [0, 0.1) is 0 Å². The SMILES string of the molecule is CCc1ccc(=O)[nH]c1-c1ccc(N(C)C)c(OC)c1. The fourth-order valence-corrected chi connectivity index (χ4v) is 2.26. The zero-order valence-corrected chi connectivity index (χ0v) is 12.4. The molecule has 1 N–H and O–H groups in total. The molecule has 1 aromatic heterocycles. The lowest BCUT2D eigenvalue weighted by atomic mass is 10.0. The van der Waals surface area contributed by atoms with Gasteiger partial charge < -0.3 is 14.6 Å². The summed E-state index contributed by atoms with van der Waals surface area (Å²) in [7, 11) is 5.60. The number of hydrogen-bond donors (Lipinski definition) is 1. The molecule has 106 valence electrons. The van der Waals surface area contributed by atoms with Gasteiger partial charge in [0.2, 0.25) is 5.56 Å². The summed E-state index contributed by atoms with van der Waals surface area (Å²) < 4.78 is 5.44. The molecule has 0 unspecified atom stereocenters. The van der Waals surface area contributed by atoms with E-state index >= 15 is 0 Å². The first kappa shape index (κ1) is 14.2. The maximum absolute atomic E-state index is 11.6. The largest absolute Gasteiger partial charge is 0.495 e. The first-order valence-electron chi connectivity index (χ1n) is 6.64. The first-order chi connectivity index (χ1) is 9.56. The molecule has 4 nitrogen and oxygen atoms in total. The topological polar surface area (TPSA) is 45.3 Å². The van der Waals surface area contributed by atoms with Crippen LogP contribution >= 0.6 is 0 Å². The summed E-state index contributed by atoms with van der Waals surface area (Å²) in [4.78, 5) is 16.5. The number of ether oxygens (including phenoxy) is 1. The summed E-state index contributed by atoms with van der Waals surface area (Å²) in [6.45, 7) is 2.07. The van der Waals surface area contributed by atoms with Crippen molar-refractivity contribution in [1.82, 2.24) is 4.98 Å². The Morgan fingerprint density at radius 2 is 1.95 bits per heavy atom. The van der Waals surface area contributed by atoms with Gasteiger partial charge in [0.15, 0.2) is 0 Å². The molecule has 2 rings (SSSR count). The fourth-order valence-electron chi connectivity index (χ4n) is 2.26. The van der Waals surface area contributed by atoms with E-state index in [-0.39, 0.29) is 5.56 Å². The van der Waals surface area contributed by atoms with Crippen molar-refractivity contribution in [3.63, 3.8) is 0 Å². The van der Waals surface area contributed by atoms with Crippen LogP contribution in [0.15, 0.2) is 35.1 Å². The zero-order chi connectivity index (χ0) is 14.7. The third-order valence-electron chi connectivity index (χ3n) is 3.34. The number of hydrogen-bond acceptors (Lipinski definition) is 3. The Labute approximate surface area is 119 Å². The van der Waals surface area contributed by atoms with E-state index in [0.29, 0.717) is 0 Å². The molecule has 1 heterocycles. The lowest BCUT2D eigenvalue weighted by molar-refractivity contribution is 0.415. The van der Waals surface area contributed by atoms with E-state index < -0.39 is 0 Å². The molecule has 0 saturated carbocycles. The average molecular weight is 272 g/mol. The molecule has 1 aromatic carbocycles. The standard InChI is InChI=1S/C16H20N2O2/c1-5-11-7-9-15(19)17-16(11)12-6-8-13(18(2)3)14(10-12)20-4/h6-10H,5H2,1-4H3,(H,17,19). The number of anilines is 1. The minimum atomic E-state index is -0.0900. The summed E-state index contributed by atoms with van der Waals surface area (Å²) >= 11 is 0. The predicted molar refractivity (Wildman–Crippen MR) is 82.8 cm³/mol. The average Bonchev–Trinajstić information content (AvgIpc) is 2.46. The van der Waals surface area contributed by atoms with E-state index in [1.807, 2.05) is 43.3 Å². The van der Waals surface area contributed by atoms with E-state index in [1.54, 1.807) is 13.2 Å². The van der Waals surface area contributed by atoms with Crippen molar-refractivity contribution < 1.29 is 4.74 Å². The highest BCUT2D eigenvalue weighted by Gasteiger charge is 2.10. The van der Waals surface area contributed by atoms with E-state index in [0.717, 1.165) is 34.7 Å². The van der Waals surface area contributed by atoms with E-state index in [2.05, 4.69) is 11.9 Å². The number of aromatic amines is 1. The van der Waals surface area contributed by atoms with E-state index in [1.165, 1.54) is 0 Å². The molecule has 0 amide bonds. The van der Waals surface area contributed by atoms with Crippen LogP contribution in [0.5, 0.6) is 5.75 Å². The molecule has 0 aliphatic rings. The first-order valence-corrected chi connectivity index (χ1v) is 6.64. The third-order valence-corrected chi connectivity index (χ3v) is 3.34. The third kappa shape index (κ3) is 2.69. The molecular weight excluding hydrogens is 252 g/mol. The van der Waals surface area contributed by atoms with Crippen molar-refractivity contribution in [2.45, 2.75) is 13.3 Å². The molecule has 2 aromatic rings. The van der Waals surface area contributed by atoms with Gasteiger partial charge in [-0.1, -0.05) is 19.1 Å². The summed E-state index contributed by atoms with van der Waals surface area (Å²) in [5.74, 6) is 0.791. The van der Waals surface area contributed by atoms with Crippen LogP contribution in [0.25, 0.3) is 11.3 Å². The summed E-state index contributed by atoms with van der Waals surface area (Å²) in [6, 6.07) is 9.40. The summed E-state index contributed by atoms with van der Waals surface area (Å²) in [5.41, 5.74) is 3.86. The number of nitrogens with one attached hydrogen (secondary N) is 1. The highest BCUT2D eigenvalue weighted by Crippen LogP contribution is 2.32. The second-order valence-electron chi connectivity index (χ2n) is 4.86. The molecule has 0 bridgehead atoms. The van der Waals surface area contributed by atoms with E-state index in [4.69, 9.17) is 4.74 Å². The van der Waals surface area contributed by atoms with Crippen molar-refractivity contribution >= 4 is 5.69 Å². The quantitative estimate of drug-likeness (QED) is 0.930. The van der Waals surface area contributed by atoms with Crippen molar-refractivity contribution in [2.75, 3.05) is 26.1 Å². The molecule has 0 atom stereocenters.